The van der Waals surface area contributed by atoms with Gasteiger partial charge in [-0.25, -0.2) is 0 Å². The summed E-state index contributed by atoms with van der Waals surface area (Å²) in [5.41, 5.74) is 8.12. The lowest BCUT2D eigenvalue weighted by atomic mass is 10.1. The van der Waals surface area contributed by atoms with Crippen LogP contribution in [0.5, 0.6) is 11.5 Å². The third-order valence-corrected chi connectivity index (χ3v) is 3.79. The minimum Gasteiger partial charge on any atom is -0.489 e. The van der Waals surface area contributed by atoms with E-state index >= 15 is 0 Å². The van der Waals surface area contributed by atoms with E-state index in [-0.39, 0.29) is 0 Å². The Hall–Kier alpha value is -1.48. The monoisotopic (exact) mass is 245 g/mol. The van der Waals surface area contributed by atoms with E-state index in [9.17, 15) is 0 Å². The highest BCUT2D eigenvalue weighted by Gasteiger charge is 2.46. The summed E-state index contributed by atoms with van der Waals surface area (Å²) >= 11 is 0. The van der Waals surface area contributed by atoms with Gasteiger partial charge < -0.3 is 15.2 Å². The van der Waals surface area contributed by atoms with E-state index in [1.165, 1.54) is 18.4 Å². The lowest BCUT2D eigenvalue weighted by molar-refractivity contribution is 0.197. The fourth-order valence-corrected chi connectivity index (χ4v) is 2.25. The summed E-state index contributed by atoms with van der Waals surface area (Å²) in [6.45, 7) is 4.20. The van der Waals surface area contributed by atoms with E-state index in [2.05, 4.69) is 19.1 Å². The zero-order valence-electron chi connectivity index (χ0n) is 10.7. The molecule has 0 radical (unpaired) electrons. The fourth-order valence-electron chi connectivity index (χ4n) is 2.25. The second-order valence-electron chi connectivity index (χ2n) is 5.37. The lowest BCUT2D eigenvalue weighted by Crippen LogP contribution is -2.17. The maximum absolute atomic E-state index is 5.91. The van der Waals surface area contributed by atoms with Crippen LogP contribution < -0.4 is 15.2 Å². The van der Waals surface area contributed by atoms with Crippen molar-refractivity contribution in [1.82, 2.24) is 0 Å². The second kappa shape index (κ2) is 4.32. The molecule has 96 valence electrons. The molecule has 0 unspecified atom stereocenters. The smallest absolute Gasteiger partial charge is 0.161 e. The van der Waals surface area contributed by atoms with Gasteiger partial charge >= 0.3 is 0 Å². The molecule has 3 heteroatoms. The number of benzene rings is 1. The quantitative estimate of drug-likeness (QED) is 0.870. The molecule has 0 bridgehead atoms. The van der Waals surface area contributed by atoms with Gasteiger partial charge in [-0.2, -0.15) is 0 Å². The van der Waals surface area contributed by atoms with Gasteiger partial charge in [-0.3, -0.25) is 0 Å². The van der Waals surface area contributed by atoms with Gasteiger partial charge in [0.2, 0.25) is 0 Å². The molecule has 2 N–H and O–H groups in total. The van der Waals surface area contributed by atoms with E-state index in [0.29, 0.717) is 12.0 Å². The highest BCUT2D eigenvalue weighted by molar-refractivity contribution is 5.60. The first-order valence-corrected chi connectivity index (χ1v) is 6.49. The summed E-state index contributed by atoms with van der Waals surface area (Å²) in [6, 6.07) is 4.12. The SMILES string of the molecule is Cc1cc2c(cc1/C=C/CN)OCC1(CC1)CO2. The summed E-state index contributed by atoms with van der Waals surface area (Å²) in [6.07, 6.45) is 6.44. The molecule has 1 aliphatic carbocycles. The van der Waals surface area contributed by atoms with Crippen LogP contribution in [0.25, 0.3) is 6.08 Å². The average Bonchev–Trinajstić information content (AvgIpc) is 3.16. The van der Waals surface area contributed by atoms with E-state index in [1.54, 1.807) is 0 Å². The Morgan fingerprint density at radius 1 is 1.22 bits per heavy atom. The second-order valence-corrected chi connectivity index (χ2v) is 5.37. The van der Waals surface area contributed by atoms with Crippen molar-refractivity contribution in [3.05, 3.63) is 29.3 Å². The number of rotatable bonds is 2. The predicted molar refractivity (Wildman–Crippen MR) is 71.9 cm³/mol. The van der Waals surface area contributed by atoms with Crippen molar-refractivity contribution in [3.8, 4) is 11.5 Å². The average molecular weight is 245 g/mol. The molecule has 1 aromatic carbocycles. The Balaban J connectivity index is 1.90. The number of nitrogens with two attached hydrogens (primary N) is 1. The summed E-state index contributed by atoms with van der Waals surface area (Å²) in [4.78, 5) is 0. The third kappa shape index (κ3) is 2.10. The topological polar surface area (TPSA) is 44.5 Å². The fraction of sp³-hybridized carbons (Fsp3) is 0.467. The van der Waals surface area contributed by atoms with Crippen LogP contribution in [0.15, 0.2) is 18.2 Å². The zero-order valence-corrected chi connectivity index (χ0v) is 10.7. The van der Waals surface area contributed by atoms with Gasteiger partial charge in [0, 0.05) is 12.0 Å². The highest BCUT2D eigenvalue weighted by atomic mass is 16.5. The van der Waals surface area contributed by atoms with Gasteiger partial charge in [0.25, 0.3) is 0 Å². The van der Waals surface area contributed by atoms with Crippen LogP contribution >= 0.6 is 0 Å². The summed E-state index contributed by atoms with van der Waals surface area (Å²) < 4.78 is 11.8. The molecule has 0 aromatic heterocycles. The standard InChI is InChI=1S/C15H19NO2/c1-11-7-13-14(8-12(11)3-2-6-16)18-10-15(4-5-15)9-17-13/h2-3,7-8H,4-6,9-10,16H2,1H3/b3-2+. The molecule has 1 fully saturated rings. The van der Waals surface area contributed by atoms with Crippen molar-refractivity contribution in [2.45, 2.75) is 19.8 Å². The van der Waals surface area contributed by atoms with Crippen LogP contribution in [0.4, 0.5) is 0 Å². The van der Waals surface area contributed by atoms with Crippen molar-refractivity contribution >= 4 is 6.08 Å². The van der Waals surface area contributed by atoms with Gasteiger partial charge in [-0.05, 0) is 43.0 Å². The minimum atomic E-state index is 0.292. The van der Waals surface area contributed by atoms with Crippen LogP contribution in [0.2, 0.25) is 0 Å². The molecule has 3 nitrogen and oxygen atoms in total. The van der Waals surface area contributed by atoms with Crippen molar-refractivity contribution in [2.24, 2.45) is 11.1 Å². The Bertz CT molecular complexity index is 490. The van der Waals surface area contributed by atoms with Gasteiger partial charge in [0.15, 0.2) is 11.5 Å². The largest absolute Gasteiger partial charge is 0.489 e. The normalized spacial score (nSPS) is 20.1. The van der Waals surface area contributed by atoms with Crippen LogP contribution in [-0.2, 0) is 0 Å². The number of ether oxygens (including phenoxy) is 2. The molecule has 2 aliphatic rings. The number of hydrogen-bond acceptors (Lipinski definition) is 3. The first kappa shape index (κ1) is 11.6. The van der Waals surface area contributed by atoms with Crippen LogP contribution in [0, 0.1) is 12.3 Å². The molecule has 18 heavy (non-hydrogen) atoms. The van der Waals surface area contributed by atoms with Crippen molar-refractivity contribution in [1.29, 1.82) is 0 Å². The lowest BCUT2D eigenvalue weighted by Gasteiger charge is -2.10. The van der Waals surface area contributed by atoms with Crippen LogP contribution in [-0.4, -0.2) is 19.8 Å². The molecule has 0 saturated heterocycles. The Morgan fingerprint density at radius 3 is 2.50 bits per heavy atom. The van der Waals surface area contributed by atoms with Crippen LogP contribution in [0.1, 0.15) is 24.0 Å². The summed E-state index contributed by atoms with van der Waals surface area (Å²) in [5.74, 6) is 1.74. The van der Waals surface area contributed by atoms with Crippen molar-refractivity contribution in [2.75, 3.05) is 19.8 Å². The molecule has 1 aromatic rings. The maximum Gasteiger partial charge on any atom is 0.161 e. The molecule has 0 amide bonds. The van der Waals surface area contributed by atoms with E-state index in [4.69, 9.17) is 15.2 Å². The van der Waals surface area contributed by atoms with E-state index in [1.807, 2.05) is 12.2 Å². The van der Waals surface area contributed by atoms with E-state index < -0.39 is 0 Å². The summed E-state index contributed by atoms with van der Waals surface area (Å²) in [7, 11) is 0. The first-order chi connectivity index (χ1) is 8.72. The van der Waals surface area contributed by atoms with Gasteiger partial charge in [-0.1, -0.05) is 12.2 Å². The molecule has 1 heterocycles. The molecule has 0 atom stereocenters. The molecule has 3 rings (SSSR count). The predicted octanol–water partition coefficient (Wildman–Crippen LogP) is 2.52. The Morgan fingerprint density at radius 2 is 1.89 bits per heavy atom. The zero-order chi connectivity index (χ0) is 12.6. The van der Waals surface area contributed by atoms with Gasteiger partial charge in [0.05, 0.1) is 13.2 Å². The molecule has 1 spiro atoms. The van der Waals surface area contributed by atoms with Gasteiger partial charge in [0.1, 0.15) is 0 Å². The number of fused-ring (bicyclic) bond motifs is 1. The van der Waals surface area contributed by atoms with Crippen LogP contribution in [0.3, 0.4) is 0 Å². The molecule has 1 aliphatic heterocycles. The molecule has 1 saturated carbocycles. The molecular weight excluding hydrogens is 226 g/mol. The number of hydrogen-bond donors (Lipinski definition) is 1. The van der Waals surface area contributed by atoms with Gasteiger partial charge in [-0.15, -0.1) is 0 Å². The third-order valence-electron chi connectivity index (χ3n) is 3.79. The Kier molecular flexibility index (Phi) is 2.78. The summed E-state index contributed by atoms with van der Waals surface area (Å²) in [5, 5.41) is 0. The van der Waals surface area contributed by atoms with E-state index in [0.717, 1.165) is 30.3 Å². The minimum absolute atomic E-state index is 0.292. The first-order valence-electron chi connectivity index (χ1n) is 6.49. The van der Waals surface area contributed by atoms with Crippen molar-refractivity contribution in [3.63, 3.8) is 0 Å². The highest BCUT2D eigenvalue weighted by Crippen LogP contribution is 2.49. The molecular formula is C15H19NO2. The number of aryl methyl sites for hydroxylation is 1. The van der Waals surface area contributed by atoms with Crippen molar-refractivity contribution < 1.29 is 9.47 Å². The Labute approximate surface area is 108 Å². The maximum atomic E-state index is 5.91.